The molecule has 19 heavy (non-hydrogen) atoms. The Kier molecular flexibility index (Phi) is 4.07. The molecule has 1 N–H and O–H groups in total. The molecular weight excluding hydrogens is 254 g/mol. The van der Waals surface area contributed by atoms with Crippen LogP contribution in [0.2, 0.25) is 0 Å². The Morgan fingerprint density at radius 1 is 1.26 bits per heavy atom. The van der Waals surface area contributed by atoms with Crippen molar-refractivity contribution in [3.8, 4) is 0 Å². The van der Waals surface area contributed by atoms with Crippen LogP contribution in [0.15, 0.2) is 0 Å². The van der Waals surface area contributed by atoms with Gasteiger partial charge in [-0.15, -0.1) is 0 Å². The van der Waals surface area contributed by atoms with E-state index in [2.05, 4.69) is 4.74 Å². The molecular formula is C12H19NO6. The minimum atomic E-state index is -1.98. The van der Waals surface area contributed by atoms with Gasteiger partial charge in [0.25, 0.3) is 0 Å². The van der Waals surface area contributed by atoms with Gasteiger partial charge in [0.15, 0.2) is 0 Å². The highest BCUT2D eigenvalue weighted by molar-refractivity contribution is 6.06. The van der Waals surface area contributed by atoms with Gasteiger partial charge >= 0.3 is 18.0 Å². The molecule has 0 aliphatic carbocycles. The highest BCUT2D eigenvalue weighted by atomic mass is 16.6. The third-order valence-corrected chi connectivity index (χ3v) is 2.87. The quantitative estimate of drug-likeness (QED) is 0.596. The van der Waals surface area contributed by atoms with Crippen molar-refractivity contribution in [1.29, 1.82) is 0 Å². The molecule has 1 fully saturated rings. The predicted octanol–water partition coefficient (Wildman–Crippen LogP) is 1.01. The summed E-state index contributed by atoms with van der Waals surface area (Å²) in [4.78, 5) is 36.2. The van der Waals surface area contributed by atoms with Gasteiger partial charge in [0.05, 0.1) is 7.11 Å². The van der Waals surface area contributed by atoms with Crippen LogP contribution in [0.4, 0.5) is 4.79 Å². The van der Waals surface area contributed by atoms with Gasteiger partial charge in [-0.2, -0.15) is 0 Å². The minimum absolute atomic E-state index is 0.0221. The second-order valence-electron chi connectivity index (χ2n) is 5.39. The number of carboxylic acid groups (broad SMARTS) is 1. The number of hydrogen-bond acceptors (Lipinski definition) is 5. The van der Waals surface area contributed by atoms with Crippen molar-refractivity contribution in [1.82, 2.24) is 4.90 Å². The summed E-state index contributed by atoms with van der Waals surface area (Å²) in [5.41, 5.74) is -2.74. The maximum Gasteiger partial charge on any atom is 0.411 e. The van der Waals surface area contributed by atoms with Crippen LogP contribution in [0, 0.1) is 0 Å². The zero-order valence-corrected chi connectivity index (χ0v) is 11.6. The van der Waals surface area contributed by atoms with E-state index in [1.54, 1.807) is 20.8 Å². The van der Waals surface area contributed by atoms with Crippen molar-refractivity contribution < 1.29 is 29.0 Å². The van der Waals surface area contributed by atoms with Crippen molar-refractivity contribution in [2.24, 2.45) is 0 Å². The Morgan fingerprint density at radius 3 is 2.26 bits per heavy atom. The Bertz CT molecular complexity index is 400. The predicted molar refractivity (Wildman–Crippen MR) is 64.6 cm³/mol. The lowest BCUT2D eigenvalue weighted by Crippen LogP contribution is -2.59. The summed E-state index contributed by atoms with van der Waals surface area (Å²) in [7, 11) is 1.10. The van der Waals surface area contributed by atoms with Gasteiger partial charge in [-0.05, 0) is 33.6 Å². The Hall–Kier alpha value is -1.79. The highest BCUT2D eigenvalue weighted by Gasteiger charge is 2.58. The van der Waals surface area contributed by atoms with Crippen LogP contribution in [0.5, 0.6) is 0 Å². The molecule has 1 saturated heterocycles. The molecule has 1 aliphatic rings. The average Bonchev–Trinajstić information content (AvgIpc) is 2.71. The molecule has 108 valence electrons. The zero-order chi connectivity index (χ0) is 14.8. The first-order valence-electron chi connectivity index (χ1n) is 5.97. The lowest BCUT2D eigenvalue weighted by Gasteiger charge is -2.33. The molecule has 7 heteroatoms. The summed E-state index contributed by atoms with van der Waals surface area (Å²) in [5, 5.41) is 9.33. The van der Waals surface area contributed by atoms with Gasteiger partial charge in [0, 0.05) is 6.54 Å². The van der Waals surface area contributed by atoms with Gasteiger partial charge in [-0.25, -0.2) is 14.4 Å². The van der Waals surface area contributed by atoms with Crippen LogP contribution < -0.4 is 0 Å². The number of hydrogen-bond donors (Lipinski definition) is 1. The lowest BCUT2D eigenvalue weighted by atomic mass is 9.97. The van der Waals surface area contributed by atoms with Gasteiger partial charge < -0.3 is 14.6 Å². The van der Waals surface area contributed by atoms with Gasteiger partial charge in [0.1, 0.15) is 5.60 Å². The fourth-order valence-corrected chi connectivity index (χ4v) is 2.07. The van der Waals surface area contributed by atoms with E-state index < -0.39 is 29.2 Å². The van der Waals surface area contributed by atoms with Crippen LogP contribution >= 0.6 is 0 Å². The lowest BCUT2D eigenvalue weighted by molar-refractivity contribution is -0.167. The smallest absolute Gasteiger partial charge is 0.411 e. The van der Waals surface area contributed by atoms with Crippen molar-refractivity contribution in [3.05, 3.63) is 0 Å². The summed E-state index contributed by atoms with van der Waals surface area (Å²) in [6, 6.07) is 0. The number of methoxy groups -OCH3 is 1. The zero-order valence-electron chi connectivity index (χ0n) is 11.6. The molecule has 0 unspecified atom stereocenters. The normalized spacial score (nSPS) is 23.1. The summed E-state index contributed by atoms with van der Waals surface area (Å²) < 4.78 is 9.68. The number of rotatable bonds is 2. The van der Waals surface area contributed by atoms with E-state index in [0.29, 0.717) is 6.42 Å². The second kappa shape index (κ2) is 5.07. The Morgan fingerprint density at radius 2 is 1.84 bits per heavy atom. The molecule has 0 radical (unpaired) electrons. The van der Waals surface area contributed by atoms with Crippen LogP contribution in [-0.4, -0.2) is 52.8 Å². The highest BCUT2D eigenvalue weighted by Crippen LogP contribution is 2.32. The average molecular weight is 273 g/mol. The minimum Gasteiger partial charge on any atom is -0.479 e. The van der Waals surface area contributed by atoms with E-state index in [4.69, 9.17) is 4.74 Å². The second-order valence-corrected chi connectivity index (χ2v) is 5.39. The van der Waals surface area contributed by atoms with E-state index in [1.807, 2.05) is 0 Å². The number of carbonyl (C=O) groups is 3. The number of carbonyl (C=O) groups excluding carboxylic acids is 2. The number of carboxylic acids is 1. The largest absolute Gasteiger partial charge is 0.479 e. The third-order valence-electron chi connectivity index (χ3n) is 2.87. The molecule has 1 atom stereocenters. The van der Waals surface area contributed by atoms with E-state index in [9.17, 15) is 19.5 Å². The molecule has 0 aromatic heterocycles. The Balaban J connectivity index is 3.08. The van der Waals surface area contributed by atoms with E-state index in [0.717, 1.165) is 12.0 Å². The topological polar surface area (TPSA) is 93.1 Å². The van der Waals surface area contributed by atoms with E-state index >= 15 is 0 Å². The monoisotopic (exact) mass is 273 g/mol. The van der Waals surface area contributed by atoms with Crippen LogP contribution in [0.25, 0.3) is 0 Å². The van der Waals surface area contributed by atoms with Gasteiger partial charge in [0.2, 0.25) is 5.54 Å². The van der Waals surface area contributed by atoms with Crippen molar-refractivity contribution in [3.63, 3.8) is 0 Å². The maximum absolute atomic E-state index is 12.0. The number of esters is 1. The van der Waals surface area contributed by atoms with Crippen LogP contribution in [-0.2, 0) is 19.1 Å². The third kappa shape index (κ3) is 2.80. The molecule has 1 heterocycles. The summed E-state index contributed by atoms with van der Waals surface area (Å²) in [6.45, 7) is 5.15. The summed E-state index contributed by atoms with van der Waals surface area (Å²) in [5.74, 6) is -2.36. The molecule has 7 nitrogen and oxygen atoms in total. The number of ether oxygens (including phenoxy) is 2. The Labute approximate surface area is 111 Å². The molecule has 1 rings (SSSR count). The maximum atomic E-state index is 12.0. The molecule has 0 aromatic rings. The van der Waals surface area contributed by atoms with E-state index in [-0.39, 0.29) is 13.0 Å². The van der Waals surface area contributed by atoms with Crippen molar-refractivity contribution >= 4 is 18.0 Å². The fourth-order valence-electron chi connectivity index (χ4n) is 2.07. The molecule has 0 aromatic carbocycles. The number of amides is 1. The van der Waals surface area contributed by atoms with Crippen LogP contribution in [0.1, 0.15) is 33.6 Å². The van der Waals surface area contributed by atoms with Crippen LogP contribution in [0.3, 0.4) is 0 Å². The van der Waals surface area contributed by atoms with Crippen molar-refractivity contribution in [2.75, 3.05) is 13.7 Å². The standard InChI is InChI=1S/C12H19NO6/c1-11(2,3)19-10(17)13-7-5-6-12(13,8(14)15)9(16)18-4/h5-7H2,1-4H3,(H,14,15)/t12-/m0/s1. The number of nitrogens with zero attached hydrogens (tertiary/aromatic N) is 1. The molecule has 1 amide bonds. The first-order valence-corrected chi connectivity index (χ1v) is 5.97. The molecule has 1 aliphatic heterocycles. The fraction of sp³-hybridized carbons (Fsp3) is 0.750. The van der Waals surface area contributed by atoms with Crippen molar-refractivity contribution in [2.45, 2.75) is 44.8 Å². The van der Waals surface area contributed by atoms with Gasteiger partial charge in [-0.3, -0.25) is 4.90 Å². The first-order chi connectivity index (χ1) is 8.65. The first kappa shape index (κ1) is 15.3. The van der Waals surface area contributed by atoms with Gasteiger partial charge in [-0.1, -0.05) is 0 Å². The molecule has 0 bridgehead atoms. The summed E-state index contributed by atoms with van der Waals surface area (Å²) in [6.07, 6.45) is -0.396. The number of likely N-dealkylation sites (tertiary alicyclic amines) is 1. The molecule has 0 spiro atoms. The summed E-state index contributed by atoms with van der Waals surface area (Å²) >= 11 is 0. The number of aliphatic carboxylic acids is 1. The SMILES string of the molecule is COC(=O)[C@@]1(C(=O)O)CCCN1C(=O)OC(C)(C)C. The van der Waals surface area contributed by atoms with E-state index in [1.165, 1.54) is 0 Å². The molecule has 0 saturated carbocycles.